The van der Waals surface area contributed by atoms with Gasteiger partial charge in [0.05, 0.1) is 44.6 Å². The Morgan fingerprint density at radius 3 is 2.59 bits per heavy atom. The number of hydrogen-bond acceptors (Lipinski definition) is 8. The van der Waals surface area contributed by atoms with E-state index < -0.39 is 18.0 Å². The van der Waals surface area contributed by atoms with Gasteiger partial charge in [-0.25, -0.2) is 14.6 Å². The van der Waals surface area contributed by atoms with Crippen LogP contribution < -0.4 is 14.9 Å². The van der Waals surface area contributed by atoms with Gasteiger partial charge in [-0.3, -0.25) is 9.36 Å². The van der Waals surface area contributed by atoms with Crippen molar-refractivity contribution in [3.8, 4) is 11.3 Å². The van der Waals surface area contributed by atoms with Crippen LogP contribution in [0.25, 0.3) is 17.4 Å². The molecule has 5 rings (SSSR count). The van der Waals surface area contributed by atoms with E-state index in [0.29, 0.717) is 53.3 Å². The number of carbonyl (C=O) groups excluding carboxylic acids is 2. The molecule has 3 heterocycles. The molecule has 8 nitrogen and oxygen atoms in total. The Morgan fingerprint density at radius 2 is 1.88 bits per heavy atom. The molecule has 0 bridgehead atoms. The van der Waals surface area contributed by atoms with Gasteiger partial charge in [-0.15, -0.1) is 0 Å². The Hall–Kier alpha value is -4.18. The first-order chi connectivity index (χ1) is 19.7. The van der Waals surface area contributed by atoms with Crippen molar-refractivity contribution in [2.45, 2.75) is 13.0 Å². The van der Waals surface area contributed by atoms with Crippen molar-refractivity contribution in [2.24, 2.45) is 4.99 Å². The fourth-order valence-electron chi connectivity index (χ4n) is 4.43. The Morgan fingerprint density at radius 1 is 1.12 bits per heavy atom. The minimum absolute atomic E-state index is 0.00843. The number of aromatic nitrogens is 1. The molecule has 1 aliphatic heterocycles. The third kappa shape index (κ3) is 5.44. The number of nitrogens with zero attached hydrogens (tertiary/aromatic N) is 2. The summed E-state index contributed by atoms with van der Waals surface area (Å²) in [7, 11) is 1.29. The summed E-state index contributed by atoms with van der Waals surface area (Å²) in [6.45, 7) is 5.27. The number of fused-ring (bicyclic) bond motifs is 1. The van der Waals surface area contributed by atoms with E-state index in [1.165, 1.54) is 17.8 Å². The Balaban J connectivity index is 1.63. The largest absolute Gasteiger partial charge is 0.465 e. The second-order valence-corrected chi connectivity index (χ2v) is 10.7. The van der Waals surface area contributed by atoms with Crippen molar-refractivity contribution in [3.63, 3.8) is 0 Å². The van der Waals surface area contributed by atoms with Crippen molar-refractivity contribution in [3.05, 3.63) is 125 Å². The van der Waals surface area contributed by atoms with Crippen molar-refractivity contribution in [2.75, 3.05) is 13.7 Å². The van der Waals surface area contributed by atoms with Crippen LogP contribution in [0.3, 0.4) is 0 Å². The lowest BCUT2D eigenvalue weighted by molar-refractivity contribution is -0.138. The van der Waals surface area contributed by atoms with E-state index in [4.69, 9.17) is 37.1 Å². The molecule has 2 aromatic heterocycles. The Kier molecular flexibility index (Phi) is 8.12. The maximum atomic E-state index is 13.8. The number of rotatable bonds is 7. The van der Waals surface area contributed by atoms with Crippen LogP contribution in [0.4, 0.5) is 0 Å². The molecular formula is C30H22Cl2N2O6S. The van der Waals surface area contributed by atoms with Gasteiger partial charge in [0.25, 0.3) is 5.56 Å². The number of carbonyl (C=O) groups is 2. The SMILES string of the molecule is C=CCOC(=O)C1=C(C)N=c2sc(=Cc3ccc(-c4cccc(Cl)c4Cl)o3)c(=O)n2C1c1ccc(C(=O)OC)cc1. The van der Waals surface area contributed by atoms with E-state index >= 15 is 0 Å². The molecule has 0 radical (unpaired) electrons. The topological polar surface area (TPSA) is 100 Å². The minimum atomic E-state index is -0.852. The Bertz CT molecular complexity index is 1900. The zero-order valence-corrected chi connectivity index (χ0v) is 24.2. The van der Waals surface area contributed by atoms with Crippen LogP contribution in [-0.4, -0.2) is 30.2 Å². The highest BCUT2D eigenvalue weighted by Gasteiger charge is 2.33. The number of methoxy groups -OCH3 is 1. The molecule has 0 spiro atoms. The molecule has 4 aromatic rings. The van der Waals surface area contributed by atoms with E-state index in [2.05, 4.69) is 11.6 Å². The van der Waals surface area contributed by atoms with Crippen molar-refractivity contribution in [1.82, 2.24) is 4.57 Å². The maximum absolute atomic E-state index is 13.8. The van der Waals surface area contributed by atoms with E-state index in [1.807, 2.05) is 0 Å². The average Bonchev–Trinajstić information content (AvgIpc) is 3.56. The normalized spacial score (nSPS) is 14.8. The molecule has 0 N–H and O–H groups in total. The summed E-state index contributed by atoms with van der Waals surface area (Å²) in [4.78, 5) is 43.9. The Labute approximate surface area is 248 Å². The third-order valence-corrected chi connectivity index (χ3v) is 8.14. The van der Waals surface area contributed by atoms with Crippen molar-refractivity contribution in [1.29, 1.82) is 0 Å². The van der Waals surface area contributed by atoms with Crippen molar-refractivity contribution < 1.29 is 23.5 Å². The smallest absolute Gasteiger partial charge is 0.338 e. The molecule has 0 aliphatic carbocycles. The monoisotopic (exact) mass is 608 g/mol. The first-order valence-electron chi connectivity index (χ1n) is 12.3. The first-order valence-corrected chi connectivity index (χ1v) is 13.8. The van der Waals surface area contributed by atoms with Crippen LogP contribution in [0.15, 0.2) is 92.7 Å². The molecular weight excluding hydrogens is 587 g/mol. The number of benzene rings is 2. The summed E-state index contributed by atoms with van der Waals surface area (Å²) in [5, 5.41) is 0.756. The molecule has 1 unspecified atom stereocenters. The van der Waals surface area contributed by atoms with Crippen LogP contribution >= 0.6 is 34.5 Å². The van der Waals surface area contributed by atoms with Gasteiger partial charge in [0.15, 0.2) is 4.80 Å². The van der Waals surface area contributed by atoms with Crippen LogP contribution in [0.5, 0.6) is 0 Å². The van der Waals surface area contributed by atoms with E-state index in [0.717, 1.165) is 11.3 Å². The molecule has 2 aromatic carbocycles. The van der Waals surface area contributed by atoms with Crippen LogP contribution in [0.2, 0.25) is 10.0 Å². The summed E-state index contributed by atoms with van der Waals surface area (Å²) in [6.07, 6.45) is 3.07. The van der Waals surface area contributed by atoms with E-state index in [-0.39, 0.29) is 17.7 Å². The van der Waals surface area contributed by atoms with Crippen LogP contribution in [-0.2, 0) is 14.3 Å². The fourth-order valence-corrected chi connectivity index (χ4v) is 5.85. The highest BCUT2D eigenvalue weighted by Crippen LogP contribution is 2.34. The number of halogens is 2. The predicted octanol–water partition coefficient (Wildman–Crippen LogP) is 5.32. The van der Waals surface area contributed by atoms with Gasteiger partial charge >= 0.3 is 11.9 Å². The molecule has 0 amide bonds. The molecule has 0 saturated carbocycles. The lowest BCUT2D eigenvalue weighted by Crippen LogP contribution is -2.40. The van der Waals surface area contributed by atoms with Gasteiger partial charge < -0.3 is 13.9 Å². The minimum Gasteiger partial charge on any atom is -0.465 e. The second kappa shape index (κ2) is 11.7. The molecule has 0 fully saturated rings. The number of furan rings is 1. The highest BCUT2D eigenvalue weighted by atomic mass is 35.5. The molecule has 1 atom stereocenters. The standard InChI is InChI=1S/C30H22Cl2N2O6S/c1-4-14-39-29(37)24-16(2)33-30-34(26(24)17-8-10-18(11-9-17)28(36)38-3)27(35)23(41-30)15-19-12-13-22(40-19)20-6-5-7-21(31)25(20)32/h4-13,15,26H,1,14H2,2-3H3. The number of allylic oxidation sites excluding steroid dienone is 1. The number of ether oxygens (including phenoxy) is 2. The van der Waals surface area contributed by atoms with Gasteiger partial charge in [0.2, 0.25) is 0 Å². The van der Waals surface area contributed by atoms with E-state index in [1.54, 1.807) is 67.6 Å². The van der Waals surface area contributed by atoms with Gasteiger partial charge in [0.1, 0.15) is 18.1 Å². The lowest BCUT2D eigenvalue weighted by atomic mass is 9.95. The summed E-state index contributed by atoms with van der Waals surface area (Å²) < 4.78 is 17.9. The zero-order chi connectivity index (χ0) is 29.3. The number of esters is 2. The second-order valence-electron chi connectivity index (χ2n) is 8.89. The first kappa shape index (κ1) is 28.4. The summed E-state index contributed by atoms with van der Waals surface area (Å²) in [6, 6.07) is 14.3. The van der Waals surface area contributed by atoms with Crippen LogP contribution in [0.1, 0.15) is 34.6 Å². The van der Waals surface area contributed by atoms with Crippen LogP contribution in [0, 0.1) is 0 Å². The lowest BCUT2D eigenvalue weighted by Gasteiger charge is -2.24. The molecule has 41 heavy (non-hydrogen) atoms. The summed E-state index contributed by atoms with van der Waals surface area (Å²) in [5.41, 5.74) is 1.76. The van der Waals surface area contributed by atoms with Gasteiger partial charge in [0, 0.05) is 11.6 Å². The number of hydrogen-bond donors (Lipinski definition) is 0. The van der Waals surface area contributed by atoms with Gasteiger partial charge in [-0.1, -0.05) is 65.4 Å². The predicted molar refractivity (Wildman–Crippen MR) is 157 cm³/mol. The molecule has 208 valence electrons. The summed E-state index contributed by atoms with van der Waals surface area (Å²) >= 11 is 13.7. The van der Waals surface area contributed by atoms with Gasteiger partial charge in [-0.2, -0.15) is 0 Å². The fraction of sp³-hybridized carbons (Fsp3) is 0.133. The van der Waals surface area contributed by atoms with Gasteiger partial charge in [-0.05, 0) is 48.9 Å². The zero-order valence-electron chi connectivity index (χ0n) is 21.9. The molecule has 0 saturated heterocycles. The summed E-state index contributed by atoms with van der Waals surface area (Å²) in [5.74, 6) is -0.226. The molecule has 1 aliphatic rings. The quantitative estimate of drug-likeness (QED) is 0.208. The maximum Gasteiger partial charge on any atom is 0.338 e. The number of thiazole rings is 1. The van der Waals surface area contributed by atoms with Crippen molar-refractivity contribution >= 4 is 52.6 Å². The average molecular weight is 609 g/mol. The highest BCUT2D eigenvalue weighted by molar-refractivity contribution is 7.07. The molecule has 11 heteroatoms. The van der Waals surface area contributed by atoms with E-state index in [9.17, 15) is 14.4 Å². The third-order valence-electron chi connectivity index (χ3n) is 6.34.